The maximum Gasteiger partial charge on any atom is 0.252 e. The van der Waals surface area contributed by atoms with Gasteiger partial charge in [0.1, 0.15) is 5.75 Å². The summed E-state index contributed by atoms with van der Waals surface area (Å²) >= 11 is 10.9. The average molecular weight is 413 g/mol. The van der Waals surface area contributed by atoms with Gasteiger partial charge in [0.2, 0.25) is 0 Å². The number of carbonyl (C=O) groups is 2. The Bertz CT molecular complexity index is 905. The molecule has 0 unspecified atom stereocenters. The predicted molar refractivity (Wildman–Crippen MR) is 98.7 cm³/mol. The number of azo groups is 1. The first-order valence-electron chi connectivity index (χ1n) is 7.30. The van der Waals surface area contributed by atoms with Crippen molar-refractivity contribution in [2.24, 2.45) is 10.2 Å². The number of benzene rings is 2. The van der Waals surface area contributed by atoms with Crippen molar-refractivity contribution in [3.63, 3.8) is 0 Å². The van der Waals surface area contributed by atoms with Crippen LogP contribution in [0.25, 0.3) is 0 Å². The second-order valence-corrected chi connectivity index (χ2v) is 5.71. The molecule has 2 aromatic carbocycles. The van der Waals surface area contributed by atoms with Gasteiger partial charge in [-0.3, -0.25) is 9.59 Å². The first-order chi connectivity index (χ1) is 12.8. The molecule has 0 saturated heterocycles. The van der Waals surface area contributed by atoms with E-state index in [9.17, 15) is 14.7 Å². The van der Waals surface area contributed by atoms with E-state index in [1.54, 1.807) is 0 Å². The molecule has 10 heteroatoms. The minimum atomic E-state index is -0.767. The molecule has 0 aliphatic rings. The monoisotopic (exact) mass is 412 g/mol. The maximum absolute atomic E-state index is 11.4. The van der Waals surface area contributed by atoms with E-state index >= 15 is 0 Å². The second kappa shape index (κ2) is 8.70. The van der Waals surface area contributed by atoms with Crippen LogP contribution in [-0.4, -0.2) is 36.9 Å². The van der Waals surface area contributed by atoms with Gasteiger partial charge >= 0.3 is 0 Å². The van der Waals surface area contributed by atoms with E-state index in [1.807, 2.05) is 0 Å². The largest absolute Gasteiger partial charge is 0.505 e. The van der Waals surface area contributed by atoms with Crippen LogP contribution in [0.1, 0.15) is 20.7 Å². The van der Waals surface area contributed by atoms with Crippen LogP contribution in [0.15, 0.2) is 34.5 Å². The zero-order chi connectivity index (χ0) is 20.1. The van der Waals surface area contributed by atoms with Gasteiger partial charge in [0.25, 0.3) is 10.5 Å². The van der Waals surface area contributed by atoms with Crippen molar-refractivity contribution in [3.05, 3.63) is 35.4 Å². The van der Waals surface area contributed by atoms with Crippen LogP contribution in [0.2, 0.25) is 0 Å². The lowest BCUT2D eigenvalue weighted by Crippen LogP contribution is -1.95. The van der Waals surface area contributed by atoms with Crippen LogP contribution in [-0.2, 0) is 0 Å². The van der Waals surface area contributed by atoms with E-state index in [2.05, 4.69) is 10.2 Å². The van der Waals surface area contributed by atoms with E-state index in [1.165, 1.54) is 39.5 Å². The molecule has 0 aliphatic carbocycles. The standard InChI is InChI=1S/C17H14Cl2N2O6/c1-25-11-5-8(16(18)23)4-10(22)14(11)20-21-15-12(26-2)6-9(17(19)24)7-13(15)27-3/h4-7,22H,1-3H3. The molecule has 0 aromatic heterocycles. The Kier molecular flexibility index (Phi) is 6.59. The summed E-state index contributed by atoms with van der Waals surface area (Å²) in [5.74, 6) is 0.0575. The highest BCUT2D eigenvalue weighted by atomic mass is 35.5. The zero-order valence-corrected chi connectivity index (χ0v) is 16.0. The molecule has 0 amide bonds. The van der Waals surface area contributed by atoms with Crippen LogP contribution < -0.4 is 14.2 Å². The van der Waals surface area contributed by atoms with Gasteiger partial charge in [-0.2, -0.15) is 0 Å². The minimum Gasteiger partial charge on any atom is -0.505 e. The lowest BCUT2D eigenvalue weighted by molar-refractivity contribution is 0.107. The number of carbonyl (C=O) groups excluding carboxylic acids is 2. The van der Waals surface area contributed by atoms with Crippen molar-refractivity contribution in [2.75, 3.05) is 21.3 Å². The van der Waals surface area contributed by atoms with Crippen molar-refractivity contribution in [1.29, 1.82) is 0 Å². The molecule has 0 radical (unpaired) electrons. The summed E-state index contributed by atoms with van der Waals surface area (Å²) in [5, 5.41) is 16.6. The Labute approximate surface area is 164 Å². The van der Waals surface area contributed by atoms with Crippen molar-refractivity contribution in [2.45, 2.75) is 0 Å². The molecule has 0 heterocycles. The molecule has 8 nitrogen and oxygen atoms in total. The molecule has 0 fully saturated rings. The SMILES string of the molecule is COc1cc(C(=O)Cl)cc(O)c1N=Nc1c(OC)cc(C(=O)Cl)cc1OC. The number of halogens is 2. The Morgan fingerprint density at radius 2 is 1.15 bits per heavy atom. The van der Waals surface area contributed by atoms with Gasteiger partial charge in [-0.05, 0) is 47.5 Å². The highest BCUT2D eigenvalue weighted by Gasteiger charge is 2.17. The number of phenols is 1. The van der Waals surface area contributed by atoms with E-state index < -0.39 is 10.5 Å². The van der Waals surface area contributed by atoms with E-state index in [0.29, 0.717) is 0 Å². The molecule has 0 aliphatic heterocycles. The van der Waals surface area contributed by atoms with E-state index in [4.69, 9.17) is 37.4 Å². The Hall–Kier alpha value is -2.84. The third kappa shape index (κ3) is 4.47. The quantitative estimate of drug-likeness (QED) is 0.526. The van der Waals surface area contributed by atoms with Gasteiger partial charge in [0.15, 0.2) is 28.6 Å². The summed E-state index contributed by atoms with van der Waals surface area (Å²) in [6.07, 6.45) is 0. The Morgan fingerprint density at radius 1 is 0.778 bits per heavy atom. The van der Waals surface area contributed by atoms with Crippen LogP contribution in [0.5, 0.6) is 23.0 Å². The number of ether oxygens (including phenoxy) is 3. The fraction of sp³-hybridized carbons (Fsp3) is 0.176. The molecular weight excluding hydrogens is 399 g/mol. The Balaban J connectivity index is 2.58. The van der Waals surface area contributed by atoms with Crippen molar-refractivity contribution in [1.82, 2.24) is 0 Å². The van der Waals surface area contributed by atoms with Crippen LogP contribution in [0, 0.1) is 0 Å². The summed E-state index contributed by atoms with van der Waals surface area (Å²) in [6.45, 7) is 0. The summed E-state index contributed by atoms with van der Waals surface area (Å²) < 4.78 is 15.5. The number of hydrogen-bond acceptors (Lipinski definition) is 8. The van der Waals surface area contributed by atoms with Gasteiger partial charge in [-0.1, -0.05) is 0 Å². The normalized spacial score (nSPS) is 10.7. The van der Waals surface area contributed by atoms with Crippen LogP contribution >= 0.6 is 23.2 Å². The molecule has 2 rings (SSSR count). The molecule has 2 aromatic rings. The highest BCUT2D eigenvalue weighted by Crippen LogP contribution is 2.43. The zero-order valence-electron chi connectivity index (χ0n) is 14.4. The van der Waals surface area contributed by atoms with Crippen molar-refractivity contribution in [3.8, 4) is 23.0 Å². The molecule has 0 bridgehead atoms. The highest BCUT2D eigenvalue weighted by molar-refractivity contribution is 6.68. The molecule has 27 heavy (non-hydrogen) atoms. The molecule has 1 N–H and O–H groups in total. The summed E-state index contributed by atoms with van der Waals surface area (Å²) in [4.78, 5) is 22.7. The van der Waals surface area contributed by atoms with Crippen molar-refractivity contribution < 1.29 is 28.9 Å². The van der Waals surface area contributed by atoms with Crippen LogP contribution in [0.4, 0.5) is 11.4 Å². The molecular formula is C17H14Cl2N2O6. The first-order valence-corrected chi connectivity index (χ1v) is 8.06. The molecule has 0 saturated carbocycles. The molecule has 0 atom stereocenters. The topological polar surface area (TPSA) is 107 Å². The molecule has 0 spiro atoms. The number of aromatic hydroxyl groups is 1. The summed E-state index contributed by atoms with van der Waals surface area (Å²) in [6, 6.07) is 5.19. The van der Waals surface area contributed by atoms with Gasteiger partial charge in [-0.15, -0.1) is 10.2 Å². The van der Waals surface area contributed by atoms with Crippen molar-refractivity contribution >= 4 is 45.1 Å². The predicted octanol–water partition coefficient (Wildman–Crippen LogP) is 4.59. The number of rotatable bonds is 7. The number of hydrogen-bond donors (Lipinski definition) is 1. The smallest absolute Gasteiger partial charge is 0.252 e. The Morgan fingerprint density at radius 3 is 1.56 bits per heavy atom. The fourth-order valence-electron chi connectivity index (χ4n) is 2.17. The van der Waals surface area contributed by atoms with Gasteiger partial charge in [0, 0.05) is 11.1 Å². The maximum atomic E-state index is 11.4. The fourth-order valence-corrected chi connectivity index (χ4v) is 2.39. The average Bonchev–Trinajstić information content (AvgIpc) is 2.65. The van der Waals surface area contributed by atoms with E-state index in [0.717, 1.165) is 6.07 Å². The lowest BCUT2D eigenvalue weighted by Gasteiger charge is -2.11. The third-order valence-corrected chi connectivity index (χ3v) is 3.89. The number of methoxy groups -OCH3 is 3. The number of phenolic OH excluding ortho intramolecular Hbond substituents is 1. The van der Waals surface area contributed by atoms with Gasteiger partial charge in [0.05, 0.1) is 21.3 Å². The van der Waals surface area contributed by atoms with Crippen LogP contribution in [0.3, 0.4) is 0 Å². The van der Waals surface area contributed by atoms with Gasteiger partial charge < -0.3 is 19.3 Å². The van der Waals surface area contributed by atoms with E-state index in [-0.39, 0.29) is 45.5 Å². The second-order valence-electron chi connectivity index (χ2n) is 5.02. The first kappa shape index (κ1) is 20.5. The molecule has 142 valence electrons. The minimum absolute atomic E-state index is 0.0325. The third-order valence-electron chi connectivity index (χ3n) is 3.46. The summed E-state index contributed by atoms with van der Waals surface area (Å²) in [7, 11) is 4.07. The van der Waals surface area contributed by atoms with Gasteiger partial charge in [-0.25, -0.2) is 0 Å². The lowest BCUT2D eigenvalue weighted by atomic mass is 10.2. The summed E-state index contributed by atoms with van der Waals surface area (Å²) in [5.41, 5.74) is 0.293. The number of nitrogens with zero attached hydrogens (tertiary/aromatic N) is 2.